The molecule has 1 heterocycles. The molecule has 1 saturated heterocycles. The Kier molecular flexibility index (Phi) is 3.67. The highest BCUT2D eigenvalue weighted by Gasteiger charge is 2.84. The third-order valence-corrected chi connectivity index (χ3v) is 5.91. The van der Waals surface area contributed by atoms with Gasteiger partial charge in [0.15, 0.2) is 0 Å². The van der Waals surface area contributed by atoms with Crippen LogP contribution in [-0.2, 0) is 9.47 Å². The van der Waals surface area contributed by atoms with E-state index in [0.717, 1.165) is 0 Å². The molecule has 2 saturated carbocycles. The van der Waals surface area contributed by atoms with Crippen LogP contribution < -0.4 is 0 Å². The predicted octanol–water partition coefficient (Wildman–Crippen LogP) is 5.01. The Morgan fingerprint density at radius 2 is 1.33 bits per heavy atom. The maximum atomic E-state index is 14.0. The monoisotopic (exact) mass is 360 g/mol. The molecular formula is C16H22F6O2. The van der Waals surface area contributed by atoms with Crippen molar-refractivity contribution in [1.82, 2.24) is 0 Å². The van der Waals surface area contributed by atoms with Crippen molar-refractivity contribution in [2.24, 2.45) is 10.8 Å². The minimum atomic E-state index is -5.54. The highest BCUT2D eigenvalue weighted by Crippen LogP contribution is 2.74. The number of hydrogen-bond acceptors (Lipinski definition) is 2. The second-order valence-corrected chi connectivity index (χ2v) is 8.53. The topological polar surface area (TPSA) is 21.8 Å². The third kappa shape index (κ3) is 2.39. The van der Waals surface area contributed by atoms with E-state index in [1.165, 1.54) is 20.8 Å². The third-order valence-electron chi connectivity index (χ3n) is 5.91. The molecule has 0 amide bonds. The zero-order valence-electron chi connectivity index (χ0n) is 13.9. The van der Waals surface area contributed by atoms with Crippen LogP contribution >= 0.6 is 0 Å². The van der Waals surface area contributed by atoms with E-state index in [4.69, 9.17) is 9.47 Å². The second kappa shape index (κ2) is 4.81. The summed E-state index contributed by atoms with van der Waals surface area (Å²) in [5, 5.41) is 0. The lowest BCUT2D eigenvalue weighted by Gasteiger charge is -2.51. The molecule has 8 heteroatoms. The Labute approximate surface area is 136 Å². The van der Waals surface area contributed by atoms with Crippen LogP contribution in [0.4, 0.5) is 26.3 Å². The van der Waals surface area contributed by atoms with Gasteiger partial charge in [-0.05, 0) is 58.3 Å². The molecule has 0 aromatic carbocycles. The fourth-order valence-corrected chi connectivity index (χ4v) is 5.01. The molecule has 3 aliphatic rings. The molecule has 0 spiro atoms. The molecule has 24 heavy (non-hydrogen) atoms. The first-order chi connectivity index (χ1) is 10.7. The standard InChI is InChI=1S/C16H22F6O2/c1-11(2,3)24-14(15(17,18)19,16(20,21)22)13-6-4-12(9-13,5-7-13)10-8-23-10/h10H,4-9H2,1-3H3. The van der Waals surface area contributed by atoms with Gasteiger partial charge in [-0.3, -0.25) is 0 Å². The van der Waals surface area contributed by atoms with E-state index in [1.807, 2.05) is 0 Å². The molecule has 3 rings (SSSR count). The van der Waals surface area contributed by atoms with Crippen molar-refractivity contribution in [2.75, 3.05) is 6.61 Å². The molecule has 2 bridgehead atoms. The largest absolute Gasteiger partial charge is 0.427 e. The highest BCUT2D eigenvalue weighted by molar-refractivity contribution is 5.21. The van der Waals surface area contributed by atoms with Crippen LogP contribution in [0.5, 0.6) is 0 Å². The molecule has 1 unspecified atom stereocenters. The summed E-state index contributed by atoms with van der Waals surface area (Å²) in [6.07, 6.45) is -11.0. The summed E-state index contributed by atoms with van der Waals surface area (Å²) in [5.41, 5.74) is -8.24. The van der Waals surface area contributed by atoms with E-state index in [9.17, 15) is 26.3 Å². The fraction of sp³-hybridized carbons (Fsp3) is 1.00. The lowest BCUT2D eigenvalue weighted by molar-refractivity contribution is -0.432. The van der Waals surface area contributed by atoms with Gasteiger partial charge in [0.25, 0.3) is 5.60 Å². The van der Waals surface area contributed by atoms with Crippen LogP contribution in [0.2, 0.25) is 0 Å². The smallest absolute Gasteiger partial charge is 0.373 e. The van der Waals surface area contributed by atoms with Gasteiger partial charge in [0.05, 0.1) is 18.3 Å². The first-order valence-corrected chi connectivity index (χ1v) is 8.13. The van der Waals surface area contributed by atoms with Crippen molar-refractivity contribution in [1.29, 1.82) is 0 Å². The van der Waals surface area contributed by atoms with Crippen molar-refractivity contribution >= 4 is 0 Å². The van der Waals surface area contributed by atoms with Crippen molar-refractivity contribution in [3.63, 3.8) is 0 Å². The number of alkyl halides is 6. The minimum absolute atomic E-state index is 0.137. The van der Waals surface area contributed by atoms with Gasteiger partial charge in [0.1, 0.15) is 0 Å². The molecule has 0 aromatic heterocycles. The Morgan fingerprint density at radius 1 is 0.875 bits per heavy atom. The Bertz CT molecular complexity index is 490. The van der Waals surface area contributed by atoms with Crippen LogP contribution in [0.25, 0.3) is 0 Å². The lowest BCUT2D eigenvalue weighted by Crippen LogP contribution is -2.69. The van der Waals surface area contributed by atoms with Crippen molar-refractivity contribution in [3.8, 4) is 0 Å². The normalized spacial score (nSPS) is 37.1. The van der Waals surface area contributed by atoms with Gasteiger partial charge in [-0.1, -0.05) is 0 Å². The summed E-state index contributed by atoms with van der Waals surface area (Å²) in [6, 6.07) is 0. The van der Waals surface area contributed by atoms with Gasteiger partial charge in [-0.2, -0.15) is 26.3 Å². The maximum Gasteiger partial charge on any atom is 0.427 e. The van der Waals surface area contributed by atoms with Crippen molar-refractivity contribution in [3.05, 3.63) is 0 Å². The molecule has 1 atom stereocenters. The fourth-order valence-electron chi connectivity index (χ4n) is 5.01. The summed E-state index contributed by atoms with van der Waals surface area (Å²) in [5.74, 6) is 0. The number of ether oxygens (including phenoxy) is 2. The van der Waals surface area contributed by atoms with Gasteiger partial charge < -0.3 is 9.47 Å². The average Bonchev–Trinajstić information content (AvgIpc) is 3.08. The zero-order valence-corrected chi connectivity index (χ0v) is 13.9. The molecule has 140 valence electrons. The molecular weight excluding hydrogens is 338 g/mol. The second-order valence-electron chi connectivity index (χ2n) is 8.53. The summed E-state index contributed by atoms with van der Waals surface area (Å²) in [4.78, 5) is 0. The quantitative estimate of drug-likeness (QED) is 0.521. The Morgan fingerprint density at radius 3 is 1.67 bits per heavy atom. The molecule has 2 aliphatic carbocycles. The summed E-state index contributed by atoms with van der Waals surface area (Å²) >= 11 is 0. The molecule has 0 N–H and O–H groups in total. The highest BCUT2D eigenvalue weighted by atomic mass is 19.4. The molecule has 3 fully saturated rings. The first-order valence-electron chi connectivity index (χ1n) is 8.13. The van der Waals surface area contributed by atoms with Crippen LogP contribution in [0.15, 0.2) is 0 Å². The van der Waals surface area contributed by atoms with Crippen LogP contribution in [0.3, 0.4) is 0 Å². The van der Waals surface area contributed by atoms with E-state index >= 15 is 0 Å². The number of fused-ring (bicyclic) bond motifs is 2. The molecule has 2 nitrogen and oxygen atoms in total. The van der Waals surface area contributed by atoms with Gasteiger partial charge in [-0.25, -0.2) is 0 Å². The van der Waals surface area contributed by atoms with Gasteiger partial charge in [0, 0.05) is 5.41 Å². The predicted molar refractivity (Wildman–Crippen MR) is 73.4 cm³/mol. The molecule has 1 aliphatic heterocycles. The number of halogens is 6. The van der Waals surface area contributed by atoms with Crippen LogP contribution in [0, 0.1) is 10.8 Å². The average molecular weight is 360 g/mol. The lowest BCUT2D eigenvalue weighted by atomic mass is 9.67. The van der Waals surface area contributed by atoms with Gasteiger partial charge >= 0.3 is 12.4 Å². The summed E-state index contributed by atoms with van der Waals surface area (Å²) < 4.78 is 94.0. The zero-order chi connectivity index (χ0) is 18.2. The van der Waals surface area contributed by atoms with Gasteiger partial charge in [0.2, 0.25) is 0 Å². The minimum Gasteiger partial charge on any atom is -0.373 e. The number of rotatable bonds is 3. The maximum absolute atomic E-state index is 14.0. The molecule has 0 aromatic rings. The first kappa shape index (κ1) is 18.3. The molecule has 0 radical (unpaired) electrons. The van der Waals surface area contributed by atoms with E-state index in [0.29, 0.717) is 19.4 Å². The van der Waals surface area contributed by atoms with E-state index in [1.54, 1.807) is 0 Å². The van der Waals surface area contributed by atoms with E-state index < -0.39 is 34.4 Å². The number of epoxide rings is 1. The van der Waals surface area contributed by atoms with Crippen LogP contribution in [0.1, 0.15) is 52.9 Å². The van der Waals surface area contributed by atoms with Crippen molar-refractivity contribution in [2.45, 2.75) is 82.5 Å². The Hall–Kier alpha value is -0.500. The summed E-state index contributed by atoms with van der Waals surface area (Å²) in [6.45, 7) is 4.13. The van der Waals surface area contributed by atoms with E-state index in [2.05, 4.69) is 0 Å². The van der Waals surface area contributed by atoms with E-state index in [-0.39, 0.29) is 25.4 Å². The Balaban J connectivity index is 2.11. The SMILES string of the molecule is CC(C)(C)OC(C(F)(F)F)(C(F)(F)F)C12CCC(C3CO3)(CC1)C2. The van der Waals surface area contributed by atoms with Crippen LogP contribution in [-0.4, -0.2) is 36.3 Å². The van der Waals surface area contributed by atoms with Gasteiger partial charge in [-0.15, -0.1) is 0 Å². The number of hydrogen-bond donors (Lipinski definition) is 0. The van der Waals surface area contributed by atoms with Crippen molar-refractivity contribution < 1.29 is 35.8 Å². The summed E-state index contributed by atoms with van der Waals surface area (Å²) in [7, 11) is 0.